The minimum atomic E-state index is 0.169. The molecule has 0 spiro atoms. The zero-order valence-electron chi connectivity index (χ0n) is 11.4. The van der Waals surface area contributed by atoms with E-state index in [0.29, 0.717) is 34.5 Å². The number of anilines is 1. The Balaban J connectivity index is 2.49. The molecule has 0 aliphatic rings. The van der Waals surface area contributed by atoms with E-state index in [-0.39, 0.29) is 5.92 Å². The van der Waals surface area contributed by atoms with Gasteiger partial charge in [-0.3, -0.25) is 0 Å². The molecule has 1 heterocycles. The maximum absolute atomic E-state index is 5.97. The van der Waals surface area contributed by atoms with Crippen molar-refractivity contribution in [2.45, 2.75) is 19.8 Å². The van der Waals surface area contributed by atoms with E-state index in [1.165, 1.54) is 0 Å². The van der Waals surface area contributed by atoms with Crippen LogP contribution in [-0.2, 0) is 0 Å². The van der Waals surface area contributed by atoms with Crippen molar-refractivity contribution in [1.82, 2.24) is 10.2 Å². The molecule has 1 aromatic heterocycles. The summed E-state index contributed by atoms with van der Waals surface area (Å²) in [6.45, 7) is 3.96. The van der Waals surface area contributed by atoms with Gasteiger partial charge in [0.25, 0.3) is 0 Å². The summed E-state index contributed by atoms with van der Waals surface area (Å²) in [5.74, 6) is 2.25. The molecule has 2 aromatic rings. The van der Waals surface area contributed by atoms with Crippen LogP contribution in [0.3, 0.4) is 0 Å². The van der Waals surface area contributed by atoms with Crippen LogP contribution in [0, 0.1) is 0 Å². The number of nitrogen functional groups attached to an aromatic ring is 1. The summed E-state index contributed by atoms with van der Waals surface area (Å²) in [6, 6.07) is 3.40. The molecule has 0 bridgehead atoms. The van der Waals surface area contributed by atoms with E-state index in [0.717, 1.165) is 0 Å². The quantitative estimate of drug-likeness (QED) is 0.853. The third-order valence-corrected chi connectivity index (χ3v) is 2.72. The van der Waals surface area contributed by atoms with Gasteiger partial charge in [-0.2, -0.15) is 0 Å². The summed E-state index contributed by atoms with van der Waals surface area (Å²) in [4.78, 5) is 0. The number of benzene rings is 1. The first-order valence-electron chi connectivity index (χ1n) is 5.92. The van der Waals surface area contributed by atoms with Crippen molar-refractivity contribution in [1.29, 1.82) is 0 Å². The molecule has 0 saturated heterocycles. The summed E-state index contributed by atoms with van der Waals surface area (Å²) in [5, 5.41) is 7.99. The Labute approximate surface area is 111 Å². The van der Waals surface area contributed by atoms with Gasteiger partial charge in [0.05, 0.1) is 19.8 Å². The fourth-order valence-electron chi connectivity index (χ4n) is 1.66. The molecule has 0 unspecified atom stereocenters. The van der Waals surface area contributed by atoms with E-state index in [4.69, 9.17) is 19.6 Å². The second-order valence-electron chi connectivity index (χ2n) is 4.39. The largest absolute Gasteiger partial charge is 0.493 e. The maximum atomic E-state index is 5.97. The highest BCUT2D eigenvalue weighted by molar-refractivity contribution is 5.74. The summed E-state index contributed by atoms with van der Waals surface area (Å²) < 4.78 is 16.0. The first-order valence-corrected chi connectivity index (χ1v) is 5.92. The third-order valence-electron chi connectivity index (χ3n) is 2.72. The van der Waals surface area contributed by atoms with Crippen molar-refractivity contribution < 1.29 is 13.9 Å². The van der Waals surface area contributed by atoms with Crippen LogP contribution in [0.1, 0.15) is 25.7 Å². The first kappa shape index (κ1) is 13.2. The summed E-state index contributed by atoms with van der Waals surface area (Å²) in [7, 11) is 3.12. The van der Waals surface area contributed by atoms with E-state index in [1.54, 1.807) is 26.4 Å². The molecule has 6 heteroatoms. The smallest absolute Gasteiger partial charge is 0.249 e. The van der Waals surface area contributed by atoms with Gasteiger partial charge >= 0.3 is 0 Å². The molecule has 2 N–H and O–H groups in total. The Hall–Kier alpha value is -2.24. The molecular formula is C13H17N3O3. The molecule has 0 aliphatic heterocycles. The van der Waals surface area contributed by atoms with E-state index >= 15 is 0 Å². The summed E-state index contributed by atoms with van der Waals surface area (Å²) in [6.07, 6.45) is 0. The lowest BCUT2D eigenvalue weighted by atomic mass is 10.1. The SMILES string of the molecule is COc1cc(N)c(-c2nnc(C(C)C)o2)cc1OC. The Morgan fingerprint density at radius 3 is 2.26 bits per heavy atom. The van der Waals surface area contributed by atoms with Gasteiger partial charge in [-0.1, -0.05) is 13.8 Å². The molecule has 2 rings (SSSR count). The van der Waals surface area contributed by atoms with Gasteiger partial charge in [-0.05, 0) is 6.07 Å². The van der Waals surface area contributed by atoms with E-state index in [2.05, 4.69) is 10.2 Å². The van der Waals surface area contributed by atoms with Crippen molar-refractivity contribution >= 4 is 5.69 Å². The summed E-state index contributed by atoms with van der Waals surface area (Å²) in [5.41, 5.74) is 7.11. The van der Waals surface area contributed by atoms with Crippen LogP contribution >= 0.6 is 0 Å². The highest BCUT2D eigenvalue weighted by Gasteiger charge is 2.17. The third kappa shape index (κ3) is 2.47. The van der Waals surface area contributed by atoms with Crippen molar-refractivity contribution in [2.24, 2.45) is 0 Å². The van der Waals surface area contributed by atoms with Crippen molar-refractivity contribution in [3.63, 3.8) is 0 Å². The predicted molar refractivity (Wildman–Crippen MR) is 71.3 cm³/mol. The van der Waals surface area contributed by atoms with Gasteiger partial charge in [-0.25, -0.2) is 0 Å². The molecule has 0 fully saturated rings. The van der Waals surface area contributed by atoms with Crippen LogP contribution in [0.15, 0.2) is 16.5 Å². The van der Waals surface area contributed by atoms with Crippen LogP contribution in [0.2, 0.25) is 0 Å². The van der Waals surface area contributed by atoms with Crippen LogP contribution < -0.4 is 15.2 Å². The van der Waals surface area contributed by atoms with Crippen LogP contribution in [0.25, 0.3) is 11.5 Å². The number of ether oxygens (including phenoxy) is 2. The minimum absolute atomic E-state index is 0.169. The molecule has 102 valence electrons. The second kappa shape index (κ2) is 5.17. The Morgan fingerprint density at radius 1 is 1.11 bits per heavy atom. The molecule has 0 saturated carbocycles. The van der Waals surface area contributed by atoms with Gasteiger partial charge in [0, 0.05) is 17.7 Å². The van der Waals surface area contributed by atoms with E-state index < -0.39 is 0 Å². The van der Waals surface area contributed by atoms with Crippen LogP contribution in [0.5, 0.6) is 11.5 Å². The standard InChI is InChI=1S/C13H17N3O3/c1-7(2)12-15-16-13(19-12)8-5-10(17-3)11(18-4)6-9(8)14/h5-7H,14H2,1-4H3. The van der Waals surface area contributed by atoms with Crippen LogP contribution in [0.4, 0.5) is 5.69 Å². The lowest BCUT2D eigenvalue weighted by Gasteiger charge is -2.10. The van der Waals surface area contributed by atoms with Gasteiger partial charge in [0.1, 0.15) is 0 Å². The van der Waals surface area contributed by atoms with Gasteiger partial charge in [-0.15, -0.1) is 10.2 Å². The highest BCUT2D eigenvalue weighted by Crippen LogP contribution is 2.37. The van der Waals surface area contributed by atoms with Crippen molar-refractivity contribution in [3.05, 3.63) is 18.0 Å². The first-order chi connectivity index (χ1) is 9.06. The molecule has 0 atom stereocenters. The maximum Gasteiger partial charge on any atom is 0.249 e. The molecule has 1 aromatic carbocycles. The molecule has 0 aliphatic carbocycles. The number of aromatic nitrogens is 2. The molecular weight excluding hydrogens is 246 g/mol. The van der Waals surface area contributed by atoms with Gasteiger partial charge < -0.3 is 19.6 Å². The van der Waals surface area contributed by atoms with E-state index in [9.17, 15) is 0 Å². The number of nitrogens with two attached hydrogens (primary N) is 1. The minimum Gasteiger partial charge on any atom is -0.493 e. The molecule has 6 nitrogen and oxygen atoms in total. The summed E-state index contributed by atoms with van der Waals surface area (Å²) >= 11 is 0. The average Bonchev–Trinajstić information content (AvgIpc) is 2.87. The monoisotopic (exact) mass is 263 g/mol. The zero-order valence-corrected chi connectivity index (χ0v) is 11.4. The zero-order chi connectivity index (χ0) is 14.0. The normalized spacial score (nSPS) is 10.8. The Kier molecular flexibility index (Phi) is 3.59. The predicted octanol–water partition coefficient (Wildman–Crippen LogP) is 2.46. The fourth-order valence-corrected chi connectivity index (χ4v) is 1.66. The molecule has 0 amide bonds. The molecule has 0 radical (unpaired) electrons. The Bertz CT molecular complexity index is 579. The van der Waals surface area contributed by atoms with E-state index in [1.807, 2.05) is 13.8 Å². The highest BCUT2D eigenvalue weighted by atomic mass is 16.5. The Morgan fingerprint density at radius 2 is 1.74 bits per heavy atom. The number of methoxy groups -OCH3 is 2. The van der Waals surface area contributed by atoms with Crippen molar-refractivity contribution in [3.8, 4) is 23.0 Å². The topological polar surface area (TPSA) is 83.4 Å². The lowest BCUT2D eigenvalue weighted by molar-refractivity contribution is 0.355. The number of hydrogen-bond donors (Lipinski definition) is 1. The molecule has 19 heavy (non-hydrogen) atoms. The van der Waals surface area contributed by atoms with Gasteiger partial charge in [0.2, 0.25) is 11.8 Å². The lowest BCUT2D eigenvalue weighted by Crippen LogP contribution is -1.96. The van der Waals surface area contributed by atoms with Crippen molar-refractivity contribution in [2.75, 3.05) is 20.0 Å². The number of hydrogen-bond acceptors (Lipinski definition) is 6. The van der Waals surface area contributed by atoms with Gasteiger partial charge in [0.15, 0.2) is 11.5 Å². The van der Waals surface area contributed by atoms with Crippen LogP contribution in [-0.4, -0.2) is 24.4 Å². The average molecular weight is 263 g/mol. The second-order valence-corrected chi connectivity index (χ2v) is 4.39. The number of nitrogens with zero attached hydrogens (tertiary/aromatic N) is 2. The number of rotatable bonds is 4. The fraction of sp³-hybridized carbons (Fsp3) is 0.385.